The lowest BCUT2D eigenvalue weighted by molar-refractivity contribution is 0.0195. The maximum Gasteiger partial charge on any atom is 0.192 e. The van der Waals surface area contributed by atoms with Gasteiger partial charge in [0.2, 0.25) is 0 Å². The molecule has 17 heavy (non-hydrogen) atoms. The van der Waals surface area contributed by atoms with E-state index < -0.39 is 6.10 Å². The number of hydrogen-bond acceptors (Lipinski definition) is 2. The first-order valence-corrected chi connectivity index (χ1v) is 5.60. The van der Waals surface area contributed by atoms with Crippen molar-refractivity contribution < 1.29 is 13.9 Å². The second-order valence-electron chi connectivity index (χ2n) is 5.31. The summed E-state index contributed by atoms with van der Waals surface area (Å²) in [4.78, 5) is 12.3. The van der Waals surface area contributed by atoms with Gasteiger partial charge in [0.15, 0.2) is 5.78 Å². The third-order valence-corrected chi connectivity index (χ3v) is 2.71. The van der Waals surface area contributed by atoms with E-state index in [0.29, 0.717) is 11.1 Å². The Hall–Kier alpha value is -1.22. The Bertz CT molecular complexity index is 419. The van der Waals surface area contributed by atoms with Gasteiger partial charge in [-0.25, -0.2) is 4.39 Å². The van der Waals surface area contributed by atoms with Gasteiger partial charge >= 0.3 is 0 Å². The molecule has 0 saturated heterocycles. The van der Waals surface area contributed by atoms with Gasteiger partial charge in [-0.15, -0.1) is 0 Å². The van der Waals surface area contributed by atoms with Crippen molar-refractivity contribution >= 4 is 5.78 Å². The number of aryl methyl sites for hydroxylation is 1. The molecule has 1 aromatic carbocycles. The second kappa shape index (κ2) is 4.96. The van der Waals surface area contributed by atoms with Crippen molar-refractivity contribution in [2.45, 2.75) is 33.8 Å². The number of methoxy groups -OCH3 is 1. The third-order valence-electron chi connectivity index (χ3n) is 2.71. The summed E-state index contributed by atoms with van der Waals surface area (Å²) in [5.41, 5.74) is 0.876. The number of rotatable bonds is 3. The van der Waals surface area contributed by atoms with Crippen molar-refractivity contribution in [3.8, 4) is 0 Å². The van der Waals surface area contributed by atoms with E-state index in [1.807, 2.05) is 20.8 Å². The van der Waals surface area contributed by atoms with E-state index in [-0.39, 0.29) is 17.0 Å². The van der Waals surface area contributed by atoms with Crippen molar-refractivity contribution in [1.29, 1.82) is 0 Å². The molecule has 0 fully saturated rings. The number of carbonyl (C=O) groups excluding carboxylic acids is 1. The Kier molecular flexibility index (Phi) is 4.04. The maximum atomic E-state index is 13.0. The van der Waals surface area contributed by atoms with Gasteiger partial charge in [0.1, 0.15) is 11.9 Å². The lowest BCUT2D eigenvalue weighted by Crippen LogP contribution is -2.36. The van der Waals surface area contributed by atoms with Gasteiger partial charge < -0.3 is 4.74 Å². The molecule has 3 heteroatoms. The summed E-state index contributed by atoms with van der Waals surface area (Å²) in [5.74, 6) is -0.429. The van der Waals surface area contributed by atoms with Crippen LogP contribution >= 0.6 is 0 Å². The van der Waals surface area contributed by atoms with Crippen molar-refractivity contribution in [2.24, 2.45) is 5.41 Å². The minimum absolute atomic E-state index is 0.0995. The van der Waals surface area contributed by atoms with E-state index in [0.717, 1.165) is 0 Å². The molecule has 0 amide bonds. The van der Waals surface area contributed by atoms with E-state index in [9.17, 15) is 9.18 Å². The molecule has 0 aromatic heterocycles. The Morgan fingerprint density at radius 2 is 1.94 bits per heavy atom. The Morgan fingerprint density at radius 3 is 2.35 bits per heavy atom. The number of ether oxygens (including phenoxy) is 1. The highest BCUT2D eigenvalue weighted by atomic mass is 19.1. The molecule has 2 nitrogen and oxygen atoms in total. The fourth-order valence-corrected chi connectivity index (χ4v) is 1.90. The van der Waals surface area contributed by atoms with Crippen LogP contribution in [0.3, 0.4) is 0 Å². The summed E-state index contributed by atoms with van der Waals surface area (Å²) in [6.07, 6.45) is -0.522. The Labute approximate surface area is 102 Å². The quantitative estimate of drug-likeness (QED) is 0.755. The molecule has 1 aromatic rings. The van der Waals surface area contributed by atoms with Crippen molar-refractivity contribution in [3.05, 3.63) is 35.1 Å². The van der Waals surface area contributed by atoms with E-state index in [4.69, 9.17) is 4.74 Å². The highest BCUT2D eigenvalue weighted by molar-refractivity contribution is 6.01. The van der Waals surface area contributed by atoms with Gasteiger partial charge in [0.25, 0.3) is 0 Å². The molecular formula is C14H19FO2. The van der Waals surface area contributed by atoms with Crippen LogP contribution < -0.4 is 0 Å². The van der Waals surface area contributed by atoms with Gasteiger partial charge in [-0.05, 0) is 36.1 Å². The first-order valence-electron chi connectivity index (χ1n) is 5.60. The number of Topliss-reactive ketones (excluding diaryl/α,β-unsaturated/α-hetero) is 1. The number of benzene rings is 1. The van der Waals surface area contributed by atoms with E-state index >= 15 is 0 Å². The van der Waals surface area contributed by atoms with Gasteiger partial charge in [-0.3, -0.25) is 4.79 Å². The van der Waals surface area contributed by atoms with Crippen LogP contribution in [0.2, 0.25) is 0 Å². The minimum atomic E-state index is -0.522. The molecule has 0 aliphatic carbocycles. The van der Waals surface area contributed by atoms with Gasteiger partial charge in [-0.2, -0.15) is 0 Å². The lowest BCUT2D eigenvalue weighted by Gasteiger charge is -2.28. The standard InChI is InChI=1S/C14H19FO2/c1-9-8-10(15)6-7-11(9)12(16)13(17-5)14(2,3)4/h6-8,13H,1-5H3. The largest absolute Gasteiger partial charge is 0.373 e. The summed E-state index contributed by atoms with van der Waals surface area (Å²) in [7, 11) is 1.52. The Morgan fingerprint density at radius 1 is 1.35 bits per heavy atom. The van der Waals surface area contributed by atoms with Crippen LogP contribution in [0.4, 0.5) is 4.39 Å². The lowest BCUT2D eigenvalue weighted by atomic mass is 9.83. The van der Waals surface area contributed by atoms with Gasteiger partial charge in [0.05, 0.1) is 0 Å². The molecular weight excluding hydrogens is 219 g/mol. The molecule has 0 aliphatic rings. The van der Waals surface area contributed by atoms with Crippen LogP contribution in [0.25, 0.3) is 0 Å². The smallest absolute Gasteiger partial charge is 0.192 e. The molecule has 0 bridgehead atoms. The number of carbonyl (C=O) groups is 1. The van der Waals surface area contributed by atoms with Crippen LogP contribution in [-0.4, -0.2) is 19.0 Å². The van der Waals surface area contributed by atoms with Crippen LogP contribution in [0.5, 0.6) is 0 Å². The molecule has 0 heterocycles. The minimum Gasteiger partial charge on any atom is -0.373 e. The third kappa shape index (κ3) is 3.13. The SMILES string of the molecule is COC(C(=O)c1ccc(F)cc1C)C(C)(C)C. The van der Waals surface area contributed by atoms with Crippen LogP contribution in [0, 0.1) is 18.2 Å². The Balaban J connectivity index is 3.11. The zero-order valence-corrected chi connectivity index (χ0v) is 11.0. The first-order chi connectivity index (χ1) is 7.77. The fourth-order valence-electron chi connectivity index (χ4n) is 1.90. The molecule has 0 spiro atoms. The normalized spacial score (nSPS) is 13.5. The monoisotopic (exact) mass is 238 g/mol. The summed E-state index contributed by atoms with van der Waals surface area (Å²) < 4.78 is 18.3. The molecule has 94 valence electrons. The average Bonchev–Trinajstić information content (AvgIpc) is 2.15. The zero-order valence-electron chi connectivity index (χ0n) is 11.0. The molecule has 0 radical (unpaired) electrons. The van der Waals surface area contributed by atoms with Gasteiger partial charge in [-0.1, -0.05) is 20.8 Å². The van der Waals surface area contributed by atoms with E-state index in [2.05, 4.69) is 0 Å². The molecule has 1 atom stereocenters. The molecule has 0 N–H and O–H groups in total. The summed E-state index contributed by atoms with van der Waals surface area (Å²) in [6.45, 7) is 7.56. The topological polar surface area (TPSA) is 26.3 Å². The van der Waals surface area contributed by atoms with E-state index in [1.54, 1.807) is 6.92 Å². The van der Waals surface area contributed by atoms with Crippen LogP contribution in [-0.2, 0) is 4.74 Å². The number of halogens is 1. The van der Waals surface area contributed by atoms with Crippen LogP contribution in [0.15, 0.2) is 18.2 Å². The van der Waals surface area contributed by atoms with E-state index in [1.165, 1.54) is 25.3 Å². The molecule has 0 aliphatic heterocycles. The second-order valence-corrected chi connectivity index (χ2v) is 5.31. The highest BCUT2D eigenvalue weighted by Gasteiger charge is 2.32. The zero-order chi connectivity index (χ0) is 13.2. The summed E-state index contributed by atoms with van der Waals surface area (Å²) in [5, 5.41) is 0. The van der Waals surface area contributed by atoms with Crippen molar-refractivity contribution in [2.75, 3.05) is 7.11 Å². The highest BCUT2D eigenvalue weighted by Crippen LogP contribution is 2.26. The number of hydrogen-bond donors (Lipinski definition) is 0. The van der Waals surface area contributed by atoms with Crippen LogP contribution in [0.1, 0.15) is 36.7 Å². The van der Waals surface area contributed by atoms with Gasteiger partial charge in [0, 0.05) is 12.7 Å². The maximum absolute atomic E-state index is 13.0. The summed E-state index contributed by atoms with van der Waals surface area (Å²) >= 11 is 0. The van der Waals surface area contributed by atoms with Crippen molar-refractivity contribution in [1.82, 2.24) is 0 Å². The predicted octanol–water partition coefficient (Wildman–Crippen LogP) is 3.38. The fraction of sp³-hybridized carbons (Fsp3) is 0.500. The molecule has 1 unspecified atom stereocenters. The first kappa shape index (κ1) is 13.8. The molecule has 1 rings (SSSR count). The van der Waals surface area contributed by atoms with Crippen molar-refractivity contribution in [3.63, 3.8) is 0 Å². The number of ketones is 1. The summed E-state index contributed by atoms with van der Waals surface area (Å²) in [6, 6.07) is 4.18. The average molecular weight is 238 g/mol. The molecule has 0 saturated carbocycles. The predicted molar refractivity (Wildman–Crippen MR) is 65.7 cm³/mol.